The first-order valence-electron chi connectivity index (χ1n) is 4.83. The highest BCUT2D eigenvalue weighted by Gasteiger charge is 2.55. The van der Waals surface area contributed by atoms with Gasteiger partial charge in [0.05, 0.1) is 5.41 Å². The molecule has 2 aliphatic rings. The van der Waals surface area contributed by atoms with E-state index in [1.807, 2.05) is 12.2 Å². The van der Waals surface area contributed by atoms with Crippen LogP contribution in [-0.4, -0.2) is 22.8 Å². The van der Waals surface area contributed by atoms with Crippen molar-refractivity contribution in [1.82, 2.24) is 0 Å². The molecule has 0 aromatic rings. The number of aliphatic hydroxyl groups excluding tert-OH is 1. The fourth-order valence-corrected chi connectivity index (χ4v) is 2.77. The molecule has 14 heavy (non-hydrogen) atoms. The summed E-state index contributed by atoms with van der Waals surface area (Å²) in [5.41, 5.74) is 0.214. The van der Waals surface area contributed by atoms with Crippen LogP contribution in [0, 0.1) is 17.3 Å². The summed E-state index contributed by atoms with van der Waals surface area (Å²) in [6.07, 6.45) is 4.89. The van der Waals surface area contributed by atoms with E-state index in [9.17, 15) is 9.90 Å². The Hall–Kier alpha value is -1.09. The third-order valence-corrected chi connectivity index (χ3v) is 3.57. The molecule has 0 saturated heterocycles. The summed E-state index contributed by atoms with van der Waals surface area (Å²) in [5, 5.41) is 18.2. The zero-order chi connectivity index (χ0) is 10.3. The van der Waals surface area contributed by atoms with E-state index >= 15 is 0 Å². The van der Waals surface area contributed by atoms with Crippen LogP contribution in [0.25, 0.3) is 0 Å². The van der Waals surface area contributed by atoms with Gasteiger partial charge in [-0.2, -0.15) is 0 Å². The second-order valence-corrected chi connectivity index (χ2v) is 4.18. The second kappa shape index (κ2) is 2.95. The lowest BCUT2D eigenvalue weighted by atomic mass is 9.73. The maximum absolute atomic E-state index is 11.3. The minimum absolute atomic E-state index is 0.0721. The molecule has 2 N–H and O–H groups in total. The Labute approximate surface area is 82.7 Å². The molecule has 76 valence electrons. The van der Waals surface area contributed by atoms with Gasteiger partial charge < -0.3 is 10.2 Å². The van der Waals surface area contributed by atoms with Gasteiger partial charge in [0.1, 0.15) is 0 Å². The van der Waals surface area contributed by atoms with Crippen molar-refractivity contribution in [3.63, 3.8) is 0 Å². The summed E-state index contributed by atoms with van der Waals surface area (Å²) in [5.74, 6) is -0.663. The van der Waals surface area contributed by atoms with Crippen molar-refractivity contribution >= 4 is 5.97 Å². The highest BCUT2D eigenvalue weighted by molar-refractivity contribution is 5.78. The van der Waals surface area contributed by atoms with E-state index in [0.717, 1.165) is 5.57 Å². The maximum Gasteiger partial charge on any atom is 0.310 e. The molecule has 0 radical (unpaired) electrons. The second-order valence-electron chi connectivity index (χ2n) is 4.18. The van der Waals surface area contributed by atoms with Gasteiger partial charge in [-0.3, -0.25) is 4.79 Å². The monoisotopic (exact) mass is 194 g/mol. The van der Waals surface area contributed by atoms with Crippen LogP contribution in [0.5, 0.6) is 0 Å². The molecule has 0 aromatic heterocycles. The van der Waals surface area contributed by atoms with Crippen LogP contribution < -0.4 is 0 Å². The molecule has 2 rings (SSSR count). The van der Waals surface area contributed by atoms with Gasteiger partial charge in [-0.05, 0) is 18.8 Å². The van der Waals surface area contributed by atoms with Gasteiger partial charge in [0, 0.05) is 12.5 Å². The quantitative estimate of drug-likeness (QED) is 0.664. The van der Waals surface area contributed by atoms with Crippen LogP contribution in [0.4, 0.5) is 0 Å². The summed E-state index contributed by atoms with van der Waals surface area (Å²) in [7, 11) is 0. The highest BCUT2D eigenvalue weighted by Crippen LogP contribution is 2.56. The third-order valence-electron chi connectivity index (χ3n) is 3.57. The SMILES string of the molecule is C=C1C2C=CC1C(CCO)(C(=O)O)C2. The average molecular weight is 194 g/mol. The minimum Gasteiger partial charge on any atom is -0.481 e. The number of aliphatic hydroxyl groups is 1. The number of carbonyl (C=O) groups is 1. The number of allylic oxidation sites excluding steroid dienone is 3. The number of aliphatic carboxylic acids is 1. The highest BCUT2D eigenvalue weighted by atomic mass is 16.4. The standard InChI is InChI=1S/C11H14O3/c1-7-8-2-3-9(7)11(6-8,4-5-12)10(13)14/h2-3,8-9,12H,1,4-6H2,(H,13,14). The molecule has 0 amide bonds. The number of rotatable bonds is 3. The Morgan fingerprint density at radius 1 is 1.64 bits per heavy atom. The molecule has 3 heteroatoms. The molecule has 3 unspecified atom stereocenters. The molecule has 3 nitrogen and oxygen atoms in total. The lowest BCUT2D eigenvalue weighted by Gasteiger charge is -2.29. The van der Waals surface area contributed by atoms with Crippen molar-refractivity contribution in [3.8, 4) is 0 Å². The first-order valence-corrected chi connectivity index (χ1v) is 4.83. The zero-order valence-corrected chi connectivity index (χ0v) is 7.94. The van der Waals surface area contributed by atoms with Gasteiger partial charge in [0.2, 0.25) is 0 Å². The maximum atomic E-state index is 11.3. The molecule has 0 aromatic carbocycles. The summed E-state index contributed by atoms with van der Waals surface area (Å²) in [6, 6.07) is 0. The number of carboxylic acid groups (broad SMARTS) is 1. The summed E-state index contributed by atoms with van der Waals surface area (Å²) < 4.78 is 0. The van der Waals surface area contributed by atoms with Crippen LogP contribution in [0.2, 0.25) is 0 Å². The predicted molar refractivity (Wildman–Crippen MR) is 51.6 cm³/mol. The Morgan fingerprint density at radius 2 is 2.36 bits per heavy atom. The lowest BCUT2D eigenvalue weighted by Crippen LogP contribution is -2.36. The molecular formula is C11H14O3. The van der Waals surface area contributed by atoms with E-state index in [-0.39, 0.29) is 18.4 Å². The minimum atomic E-state index is -0.801. The lowest BCUT2D eigenvalue weighted by molar-refractivity contribution is -0.151. The van der Waals surface area contributed by atoms with Gasteiger partial charge in [-0.1, -0.05) is 24.3 Å². The van der Waals surface area contributed by atoms with Crippen LogP contribution >= 0.6 is 0 Å². The molecule has 2 aliphatic carbocycles. The molecule has 0 spiro atoms. The average Bonchev–Trinajstić information content (AvgIpc) is 2.61. The van der Waals surface area contributed by atoms with Crippen molar-refractivity contribution in [2.45, 2.75) is 12.8 Å². The van der Waals surface area contributed by atoms with Gasteiger partial charge in [-0.25, -0.2) is 0 Å². The van der Waals surface area contributed by atoms with Crippen molar-refractivity contribution in [1.29, 1.82) is 0 Å². The Bertz CT molecular complexity index is 318. The first-order chi connectivity index (χ1) is 6.62. The van der Waals surface area contributed by atoms with Gasteiger partial charge in [0.25, 0.3) is 0 Å². The fourth-order valence-electron chi connectivity index (χ4n) is 2.77. The summed E-state index contributed by atoms with van der Waals surface area (Å²) >= 11 is 0. The number of hydrogen-bond donors (Lipinski definition) is 2. The third kappa shape index (κ3) is 0.989. The van der Waals surface area contributed by atoms with Crippen molar-refractivity contribution in [3.05, 3.63) is 24.3 Å². The van der Waals surface area contributed by atoms with E-state index in [1.54, 1.807) is 0 Å². The van der Waals surface area contributed by atoms with E-state index in [1.165, 1.54) is 0 Å². The van der Waals surface area contributed by atoms with Gasteiger partial charge in [0.15, 0.2) is 0 Å². The van der Waals surface area contributed by atoms with Crippen molar-refractivity contribution in [2.75, 3.05) is 6.61 Å². The van der Waals surface area contributed by atoms with E-state index < -0.39 is 11.4 Å². The van der Waals surface area contributed by atoms with E-state index in [0.29, 0.717) is 12.8 Å². The molecule has 3 atom stereocenters. The number of hydrogen-bond acceptors (Lipinski definition) is 2. The molecule has 1 saturated carbocycles. The Morgan fingerprint density at radius 3 is 2.71 bits per heavy atom. The first kappa shape index (κ1) is 9.46. The Kier molecular flexibility index (Phi) is 2.00. The van der Waals surface area contributed by atoms with Crippen molar-refractivity contribution < 1.29 is 15.0 Å². The van der Waals surface area contributed by atoms with E-state index in [4.69, 9.17) is 5.11 Å². The van der Waals surface area contributed by atoms with Crippen LogP contribution in [0.1, 0.15) is 12.8 Å². The molecule has 0 aliphatic heterocycles. The molecule has 2 bridgehead atoms. The van der Waals surface area contributed by atoms with Crippen LogP contribution in [-0.2, 0) is 4.79 Å². The van der Waals surface area contributed by atoms with Crippen LogP contribution in [0.15, 0.2) is 24.3 Å². The zero-order valence-electron chi connectivity index (χ0n) is 7.94. The molecule has 1 fully saturated rings. The fraction of sp³-hybridized carbons (Fsp3) is 0.545. The summed E-state index contributed by atoms with van der Waals surface area (Å²) in [6.45, 7) is 3.86. The Balaban J connectivity index is 2.35. The van der Waals surface area contributed by atoms with Gasteiger partial charge >= 0.3 is 5.97 Å². The normalized spacial score (nSPS) is 39.4. The predicted octanol–water partition coefficient (Wildman–Crippen LogP) is 1.20. The van der Waals surface area contributed by atoms with E-state index in [2.05, 4.69) is 6.58 Å². The largest absolute Gasteiger partial charge is 0.481 e. The summed E-state index contributed by atoms with van der Waals surface area (Å²) in [4.78, 5) is 11.3. The van der Waals surface area contributed by atoms with Crippen LogP contribution in [0.3, 0.4) is 0 Å². The molecule has 0 heterocycles. The smallest absolute Gasteiger partial charge is 0.310 e. The number of fused-ring (bicyclic) bond motifs is 2. The molecular weight excluding hydrogens is 180 g/mol. The van der Waals surface area contributed by atoms with Gasteiger partial charge in [-0.15, -0.1) is 0 Å². The van der Waals surface area contributed by atoms with Crippen molar-refractivity contribution in [2.24, 2.45) is 17.3 Å². The topological polar surface area (TPSA) is 57.5 Å². The number of carboxylic acids is 1.